The van der Waals surface area contributed by atoms with Crippen LogP contribution in [-0.2, 0) is 16.1 Å². The minimum atomic E-state index is -1.12. The number of esters is 1. The predicted octanol–water partition coefficient (Wildman–Crippen LogP) is 2.71. The zero-order valence-corrected chi connectivity index (χ0v) is 18.2. The number of anilines is 1. The van der Waals surface area contributed by atoms with Crippen molar-refractivity contribution in [2.24, 2.45) is 0 Å². The van der Waals surface area contributed by atoms with Crippen LogP contribution < -0.4 is 15.6 Å². The molecule has 1 N–H and O–H groups in total. The molecule has 2 aromatic carbocycles. The summed E-state index contributed by atoms with van der Waals surface area (Å²) in [5.74, 6) is -0.835. The van der Waals surface area contributed by atoms with Crippen LogP contribution >= 0.6 is 0 Å². The van der Waals surface area contributed by atoms with Gasteiger partial charge in [-0.05, 0) is 56.3 Å². The van der Waals surface area contributed by atoms with Gasteiger partial charge in [0.15, 0.2) is 17.6 Å². The van der Waals surface area contributed by atoms with Crippen molar-refractivity contribution < 1.29 is 23.9 Å². The van der Waals surface area contributed by atoms with Crippen molar-refractivity contribution in [1.29, 1.82) is 0 Å². The largest absolute Gasteiger partial charge is 0.492 e. The first-order valence-electron chi connectivity index (χ1n) is 10.2. The Morgan fingerprint density at radius 3 is 2.36 bits per heavy atom. The third kappa shape index (κ3) is 6.60. The molecular weight excluding hydrogens is 426 g/mol. The molecule has 170 valence electrons. The number of nitrogens with zero attached hydrogens (tertiary/aromatic N) is 2. The van der Waals surface area contributed by atoms with Crippen LogP contribution in [0.5, 0.6) is 5.75 Å². The Morgan fingerprint density at radius 1 is 1.00 bits per heavy atom. The number of carbonyl (C=O) groups excluding carboxylic acids is 3. The van der Waals surface area contributed by atoms with Gasteiger partial charge in [-0.15, -0.1) is 0 Å². The summed E-state index contributed by atoms with van der Waals surface area (Å²) >= 11 is 0. The van der Waals surface area contributed by atoms with E-state index in [1.54, 1.807) is 36.4 Å². The standard InChI is InChI=1S/C24H23N3O6/c1-16(28)18-8-10-19(11-9-18)25-23(30)17(2)33-24(31)21-12-13-22(29)27(26-21)14-15-32-20-6-4-3-5-7-20/h3-13,17H,14-15H2,1-2H3,(H,25,30). The number of nitrogens with one attached hydrogen (secondary N) is 1. The molecule has 1 aromatic heterocycles. The average Bonchev–Trinajstić information content (AvgIpc) is 2.81. The maximum atomic E-state index is 12.4. The van der Waals surface area contributed by atoms with Gasteiger partial charge in [0.1, 0.15) is 12.4 Å². The van der Waals surface area contributed by atoms with E-state index in [0.717, 1.165) is 4.68 Å². The molecule has 0 spiro atoms. The number of Topliss-reactive ketones (excluding diaryl/α,β-unsaturated/α-hetero) is 1. The van der Waals surface area contributed by atoms with E-state index >= 15 is 0 Å². The number of benzene rings is 2. The van der Waals surface area contributed by atoms with E-state index in [0.29, 0.717) is 17.0 Å². The molecule has 1 heterocycles. The van der Waals surface area contributed by atoms with Crippen LogP contribution in [0.15, 0.2) is 71.5 Å². The van der Waals surface area contributed by atoms with Gasteiger partial charge in [0.2, 0.25) is 0 Å². The number of ketones is 1. The molecule has 33 heavy (non-hydrogen) atoms. The molecule has 0 saturated heterocycles. The van der Waals surface area contributed by atoms with Crippen LogP contribution in [0.25, 0.3) is 0 Å². The van der Waals surface area contributed by atoms with E-state index in [9.17, 15) is 19.2 Å². The van der Waals surface area contributed by atoms with Gasteiger partial charge in [0, 0.05) is 17.3 Å². The molecule has 9 nitrogen and oxygen atoms in total. The van der Waals surface area contributed by atoms with Crippen LogP contribution in [0.3, 0.4) is 0 Å². The maximum absolute atomic E-state index is 12.4. The smallest absolute Gasteiger partial charge is 0.359 e. The monoisotopic (exact) mass is 449 g/mol. The van der Waals surface area contributed by atoms with Gasteiger partial charge in [-0.2, -0.15) is 5.10 Å². The number of amides is 1. The summed E-state index contributed by atoms with van der Waals surface area (Å²) in [7, 11) is 0. The highest BCUT2D eigenvalue weighted by molar-refractivity contribution is 5.98. The van der Waals surface area contributed by atoms with Crippen LogP contribution in [0.1, 0.15) is 34.7 Å². The molecule has 0 fully saturated rings. The van der Waals surface area contributed by atoms with Gasteiger partial charge in [-0.3, -0.25) is 14.4 Å². The molecule has 0 bridgehead atoms. The number of hydrogen-bond acceptors (Lipinski definition) is 7. The molecule has 1 unspecified atom stereocenters. The molecule has 1 atom stereocenters. The summed E-state index contributed by atoms with van der Waals surface area (Å²) in [5, 5.41) is 6.62. The van der Waals surface area contributed by atoms with Crippen LogP contribution in [0, 0.1) is 0 Å². The fourth-order valence-electron chi connectivity index (χ4n) is 2.79. The predicted molar refractivity (Wildman–Crippen MR) is 120 cm³/mol. The molecule has 0 aliphatic heterocycles. The van der Waals surface area contributed by atoms with Gasteiger partial charge in [0.05, 0.1) is 6.54 Å². The molecule has 3 aromatic rings. The van der Waals surface area contributed by atoms with Gasteiger partial charge in [-0.25, -0.2) is 9.48 Å². The zero-order valence-electron chi connectivity index (χ0n) is 18.2. The Labute approximate surface area is 190 Å². The van der Waals surface area contributed by atoms with Crippen LogP contribution in [0.4, 0.5) is 5.69 Å². The second-order valence-electron chi connectivity index (χ2n) is 7.11. The Hall–Kier alpha value is -4.27. The average molecular weight is 449 g/mol. The van der Waals surface area contributed by atoms with E-state index in [1.807, 2.05) is 18.2 Å². The number of rotatable bonds is 9. The Balaban J connectivity index is 1.57. The molecule has 0 aliphatic rings. The van der Waals surface area contributed by atoms with Crippen LogP contribution in [0.2, 0.25) is 0 Å². The van der Waals surface area contributed by atoms with Gasteiger partial charge < -0.3 is 14.8 Å². The number of para-hydroxylation sites is 1. The van der Waals surface area contributed by atoms with Crippen molar-refractivity contribution in [2.45, 2.75) is 26.5 Å². The van der Waals surface area contributed by atoms with Gasteiger partial charge in [0.25, 0.3) is 11.5 Å². The zero-order chi connectivity index (χ0) is 23.8. The minimum Gasteiger partial charge on any atom is -0.492 e. The third-order valence-corrected chi connectivity index (χ3v) is 4.60. The van der Waals surface area contributed by atoms with E-state index in [1.165, 1.54) is 26.0 Å². The highest BCUT2D eigenvalue weighted by atomic mass is 16.5. The van der Waals surface area contributed by atoms with Crippen molar-refractivity contribution >= 4 is 23.3 Å². The first kappa shape index (κ1) is 23.4. The second-order valence-corrected chi connectivity index (χ2v) is 7.11. The maximum Gasteiger partial charge on any atom is 0.359 e. The number of ether oxygens (including phenoxy) is 2. The normalized spacial score (nSPS) is 11.3. The second kappa shape index (κ2) is 10.9. The number of aromatic nitrogens is 2. The molecule has 9 heteroatoms. The lowest BCUT2D eigenvalue weighted by atomic mass is 10.1. The molecule has 0 aliphatic carbocycles. The summed E-state index contributed by atoms with van der Waals surface area (Å²) in [6.07, 6.45) is -1.12. The van der Waals surface area contributed by atoms with E-state index in [-0.39, 0.29) is 24.6 Å². The van der Waals surface area contributed by atoms with Crippen molar-refractivity contribution in [3.8, 4) is 5.75 Å². The SMILES string of the molecule is CC(=O)c1ccc(NC(=O)C(C)OC(=O)c2ccc(=O)n(CCOc3ccccc3)n2)cc1. The first-order valence-corrected chi connectivity index (χ1v) is 10.2. The highest BCUT2D eigenvalue weighted by Crippen LogP contribution is 2.12. The number of carbonyl (C=O) groups is 3. The highest BCUT2D eigenvalue weighted by Gasteiger charge is 2.20. The van der Waals surface area contributed by atoms with Gasteiger partial charge >= 0.3 is 5.97 Å². The first-order chi connectivity index (χ1) is 15.8. The van der Waals surface area contributed by atoms with Crippen molar-refractivity contribution in [3.05, 3.63) is 88.3 Å². The summed E-state index contributed by atoms with van der Waals surface area (Å²) in [6, 6.07) is 17.9. The lowest BCUT2D eigenvalue weighted by molar-refractivity contribution is -0.123. The summed E-state index contributed by atoms with van der Waals surface area (Å²) in [5.41, 5.74) is 0.462. The Morgan fingerprint density at radius 2 is 1.70 bits per heavy atom. The quantitative estimate of drug-likeness (QED) is 0.394. The third-order valence-electron chi connectivity index (χ3n) is 4.60. The molecule has 1 amide bonds. The number of hydrogen-bond donors (Lipinski definition) is 1. The van der Waals surface area contributed by atoms with Crippen molar-refractivity contribution in [3.63, 3.8) is 0 Å². The van der Waals surface area contributed by atoms with E-state index in [4.69, 9.17) is 9.47 Å². The topological polar surface area (TPSA) is 117 Å². The summed E-state index contributed by atoms with van der Waals surface area (Å²) in [6.45, 7) is 3.17. The lowest BCUT2D eigenvalue weighted by Gasteiger charge is -2.14. The molecule has 3 rings (SSSR count). The molecule has 0 saturated carbocycles. The summed E-state index contributed by atoms with van der Waals surface area (Å²) < 4.78 is 11.8. The van der Waals surface area contributed by atoms with E-state index < -0.39 is 23.5 Å². The van der Waals surface area contributed by atoms with Crippen LogP contribution in [-0.4, -0.2) is 40.2 Å². The molecule has 0 radical (unpaired) electrons. The Bertz CT molecular complexity index is 1190. The van der Waals surface area contributed by atoms with Gasteiger partial charge in [-0.1, -0.05) is 18.2 Å². The Kier molecular flexibility index (Phi) is 7.69. The van der Waals surface area contributed by atoms with Crippen molar-refractivity contribution in [2.75, 3.05) is 11.9 Å². The lowest BCUT2D eigenvalue weighted by Crippen LogP contribution is -2.32. The summed E-state index contributed by atoms with van der Waals surface area (Å²) in [4.78, 5) is 48.2. The fourth-order valence-corrected chi connectivity index (χ4v) is 2.79. The fraction of sp³-hybridized carbons (Fsp3) is 0.208. The molecular formula is C24H23N3O6. The minimum absolute atomic E-state index is 0.0874. The van der Waals surface area contributed by atoms with Crippen molar-refractivity contribution in [1.82, 2.24) is 9.78 Å². The van der Waals surface area contributed by atoms with E-state index in [2.05, 4.69) is 10.4 Å².